The average Bonchev–Trinajstić information content (AvgIpc) is 2.14. The number of aryl methyl sites for hydroxylation is 1. The summed E-state index contributed by atoms with van der Waals surface area (Å²) in [6.45, 7) is 3.68. The number of anilines is 1. The van der Waals surface area contributed by atoms with Crippen LogP contribution < -0.4 is 15.8 Å². The van der Waals surface area contributed by atoms with Gasteiger partial charge in [-0.05, 0) is 13.8 Å². The second kappa shape index (κ2) is 5.29. The van der Waals surface area contributed by atoms with Gasteiger partial charge in [0.1, 0.15) is 0 Å². The van der Waals surface area contributed by atoms with Gasteiger partial charge >= 0.3 is 0 Å². The van der Waals surface area contributed by atoms with Crippen LogP contribution in [0.4, 0.5) is 5.95 Å². The molecule has 0 aliphatic rings. The van der Waals surface area contributed by atoms with E-state index in [1.807, 2.05) is 13.8 Å². The fourth-order valence-corrected chi connectivity index (χ4v) is 1.28. The number of nitrogens with one attached hydrogen (secondary N) is 1. The molecule has 1 aromatic rings. The van der Waals surface area contributed by atoms with Crippen LogP contribution in [-0.2, 0) is 4.79 Å². The molecule has 1 amide bonds. The van der Waals surface area contributed by atoms with E-state index < -0.39 is 0 Å². The molecule has 0 spiro atoms. The maximum atomic E-state index is 10.7. The molecular formula is C10H16N4O2. The molecule has 1 heterocycles. The molecule has 1 aromatic heterocycles. The van der Waals surface area contributed by atoms with Crippen molar-refractivity contribution >= 4 is 11.9 Å². The molecule has 0 aromatic carbocycles. The standard InChI is InChI=1S/C10H16N4O2/c1-6(4-8(11)15)12-10-13-7(2)5-9(14-10)16-3/h5-6H,4H2,1-3H3,(H2,11,15)(H,12,13,14). The molecule has 0 aliphatic carbocycles. The van der Waals surface area contributed by atoms with Gasteiger partial charge in [-0.25, -0.2) is 4.98 Å². The zero-order chi connectivity index (χ0) is 12.1. The van der Waals surface area contributed by atoms with E-state index in [-0.39, 0.29) is 18.4 Å². The van der Waals surface area contributed by atoms with Gasteiger partial charge in [0.05, 0.1) is 7.11 Å². The molecular weight excluding hydrogens is 208 g/mol. The molecule has 16 heavy (non-hydrogen) atoms. The second-order valence-corrected chi connectivity index (χ2v) is 3.59. The van der Waals surface area contributed by atoms with Gasteiger partial charge in [0.2, 0.25) is 17.7 Å². The minimum absolute atomic E-state index is 0.107. The van der Waals surface area contributed by atoms with Crippen molar-refractivity contribution in [1.29, 1.82) is 0 Å². The number of carbonyl (C=O) groups excluding carboxylic acids is 1. The molecule has 1 unspecified atom stereocenters. The Morgan fingerprint density at radius 1 is 1.62 bits per heavy atom. The number of rotatable bonds is 5. The summed E-state index contributed by atoms with van der Waals surface area (Å²) >= 11 is 0. The van der Waals surface area contributed by atoms with Gasteiger partial charge in [0.15, 0.2) is 0 Å². The third kappa shape index (κ3) is 3.72. The highest BCUT2D eigenvalue weighted by Crippen LogP contribution is 2.12. The lowest BCUT2D eigenvalue weighted by atomic mass is 10.2. The zero-order valence-corrected chi connectivity index (χ0v) is 9.65. The van der Waals surface area contributed by atoms with Crippen LogP contribution in [0.25, 0.3) is 0 Å². The Kier molecular flexibility index (Phi) is 4.04. The van der Waals surface area contributed by atoms with Crippen molar-refractivity contribution in [2.75, 3.05) is 12.4 Å². The van der Waals surface area contributed by atoms with Crippen LogP contribution in [0.1, 0.15) is 19.0 Å². The predicted octanol–water partition coefficient (Wildman–Crippen LogP) is 0.469. The lowest BCUT2D eigenvalue weighted by Gasteiger charge is -2.12. The molecule has 1 rings (SSSR count). The van der Waals surface area contributed by atoms with Crippen LogP contribution in [-0.4, -0.2) is 29.0 Å². The Labute approximate surface area is 94.2 Å². The fraction of sp³-hybridized carbons (Fsp3) is 0.500. The molecule has 0 saturated heterocycles. The third-order valence-electron chi connectivity index (χ3n) is 1.92. The summed E-state index contributed by atoms with van der Waals surface area (Å²) in [5.74, 6) is 0.562. The van der Waals surface area contributed by atoms with Crippen LogP contribution in [0, 0.1) is 6.92 Å². The molecule has 0 fully saturated rings. The van der Waals surface area contributed by atoms with Crippen molar-refractivity contribution in [3.05, 3.63) is 11.8 Å². The molecule has 0 bridgehead atoms. The number of nitrogens with two attached hydrogens (primary N) is 1. The van der Waals surface area contributed by atoms with Crippen molar-refractivity contribution in [3.8, 4) is 5.88 Å². The van der Waals surface area contributed by atoms with Gasteiger partial charge in [-0.15, -0.1) is 0 Å². The largest absolute Gasteiger partial charge is 0.481 e. The number of methoxy groups -OCH3 is 1. The molecule has 6 nitrogen and oxygen atoms in total. The molecule has 3 N–H and O–H groups in total. The summed E-state index contributed by atoms with van der Waals surface area (Å²) in [7, 11) is 1.54. The maximum Gasteiger partial charge on any atom is 0.226 e. The summed E-state index contributed by atoms with van der Waals surface area (Å²) in [5, 5.41) is 2.99. The first-order valence-electron chi connectivity index (χ1n) is 4.95. The Balaban J connectivity index is 2.72. The lowest BCUT2D eigenvalue weighted by Crippen LogP contribution is -2.25. The average molecular weight is 224 g/mol. The zero-order valence-electron chi connectivity index (χ0n) is 9.65. The number of primary amides is 1. The highest BCUT2D eigenvalue weighted by molar-refractivity contribution is 5.74. The molecule has 0 aliphatic heterocycles. The van der Waals surface area contributed by atoms with E-state index in [4.69, 9.17) is 10.5 Å². The summed E-state index contributed by atoms with van der Waals surface area (Å²) in [6.07, 6.45) is 0.236. The van der Waals surface area contributed by atoms with E-state index in [1.54, 1.807) is 13.2 Å². The SMILES string of the molecule is COc1cc(C)nc(NC(C)CC(N)=O)n1. The predicted molar refractivity (Wildman–Crippen MR) is 60.2 cm³/mol. The first kappa shape index (κ1) is 12.2. The van der Waals surface area contributed by atoms with Crippen LogP contribution >= 0.6 is 0 Å². The van der Waals surface area contributed by atoms with Gasteiger partial charge in [0.25, 0.3) is 0 Å². The van der Waals surface area contributed by atoms with Crippen LogP contribution in [0.3, 0.4) is 0 Å². The Hall–Kier alpha value is -1.85. The van der Waals surface area contributed by atoms with Gasteiger partial charge in [-0.1, -0.05) is 0 Å². The number of hydrogen-bond acceptors (Lipinski definition) is 5. The smallest absolute Gasteiger partial charge is 0.226 e. The van der Waals surface area contributed by atoms with Crippen LogP contribution in [0.5, 0.6) is 5.88 Å². The highest BCUT2D eigenvalue weighted by Gasteiger charge is 2.08. The monoisotopic (exact) mass is 224 g/mol. The Morgan fingerprint density at radius 2 is 2.31 bits per heavy atom. The van der Waals surface area contributed by atoms with Crippen LogP contribution in [0.15, 0.2) is 6.07 Å². The minimum Gasteiger partial charge on any atom is -0.481 e. The summed E-state index contributed by atoms with van der Waals surface area (Å²) in [5.41, 5.74) is 5.88. The lowest BCUT2D eigenvalue weighted by molar-refractivity contribution is -0.118. The Morgan fingerprint density at radius 3 is 2.88 bits per heavy atom. The van der Waals surface area contributed by atoms with E-state index in [2.05, 4.69) is 15.3 Å². The second-order valence-electron chi connectivity index (χ2n) is 3.59. The van der Waals surface area contributed by atoms with Crippen molar-refractivity contribution in [1.82, 2.24) is 9.97 Å². The van der Waals surface area contributed by atoms with Crippen molar-refractivity contribution in [2.45, 2.75) is 26.3 Å². The minimum atomic E-state index is -0.361. The van der Waals surface area contributed by atoms with Gasteiger partial charge in [0, 0.05) is 24.2 Å². The van der Waals surface area contributed by atoms with E-state index in [0.29, 0.717) is 11.8 Å². The fourth-order valence-electron chi connectivity index (χ4n) is 1.28. The maximum absolute atomic E-state index is 10.7. The molecule has 6 heteroatoms. The molecule has 0 saturated carbocycles. The number of ether oxygens (including phenoxy) is 1. The van der Waals surface area contributed by atoms with Gasteiger partial charge < -0.3 is 15.8 Å². The number of amides is 1. The van der Waals surface area contributed by atoms with E-state index in [1.165, 1.54) is 0 Å². The summed E-state index contributed by atoms with van der Waals surface area (Å²) in [6, 6.07) is 1.62. The third-order valence-corrected chi connectivity index (χ3v) is 1.92. The van der Waals surface area contributed by atoms with Crippen molar-refractivity contribution in [3.63, 3.8) is 0 Å². The number of aromatic nitrogens is 2. The van der Waals surface area contributed by atoms with Crippen LogP contribution in [0.2, 0.25) is 0 Å². The van der Waals surface area contributed by atoms with E-state index in [9.17, 15) is 4.79 Å². The van der Waals surface area contributed by atoms with Gasteiger partial charge in [-0.2, -0.15) is 4.98 Å². The normalized spacial score (nSPS) is 11.9. The molecule has 88 valence electrons. The number of nitrogens with zero attached hydrogens (tertiary/aromatic N) is 2. The van der Waals surface area contributed by atoms with E-state index in [0.717, 1.165) is 5.69 Å². The topological polar surface area (TPSA) is 90.1 Å². The number of hydrogen-bond donors (Lipinski definition) is 2. The molecule has 0 radical (unpaired) electrons. The van der Waals surface area contributed by atoms with E-state index >= 15 is 0 Å². The first-order chi connectivity index (χ1) is 7.51. The summed E-state index contributed by atoms with van der Waals surface area (Å²) in [4.78, 5) is 19.0. The first-order valence-corrected chi connectivity index (χ1v) is 4.95. The number of carbonyl (C=O) groups is 1. The highest BCUT2D eigenvalue weighted by atomic mass is 16.5. The Bertz CT molecular complexity index is 381. The quantitative estimate of drug-likeness (QED) is 0.758. The van der Waals surface area contributed by atoms with Crippen molar-refractivity contribution in [2.24, 2.45) is 5.73 Å². The van der Waals surface area contributed by atoms with Gasteiger partial charge in [-0.3, -0.25) is 4.79 Å². The van der Waals surface area contributed by atoms with Crippen molar-refractivity contribution < 1.29 is 9.53 Å². The molecule has 1 atom stereocenters. The summed E-state index contributed by atoms with van der Waals surface area (Å²) < 4.78 is 5.02.